The summed E-state index contributed by atoms with van der Waals surface area (Å²) < 4.78 is 98.8. The van der Waals surface area contributed by atoms with Crippen molar-refractivity contribution in [3.05, 3.63) is 58.0 Å². The summed E-state index contributed by atoms with van der Waals surface area (Å²) in [6.07, 6.45) is -11.3. The maximum atomic E-state index is 14.0. The molecule has 192 valence electrons. The van der Waals surface area contributed by atoms with Crippen LogP contribution in [-0.4, -0.2) is 58.1 Å². The average molecular weight is 520 g/mol. The van der Waals surface area contributed by atoms with Crippen molar-refractivity contribution in [1.29, 1.82) is 5.26 Å². The number of benzene rings is 1. The zero-order valence-corrected chi connectivity index (χ0v) is 18.0. The van der Waals surface area contributed by atoms with E-state index in [4.69, 9.17) is 9.84 Å². The van der Waals surface area contributed by atoms with Crippen LogP contribution in [0.15, 0.2) is 24.3 Å². The second-order valence-electron chi connectivity index (χ2n) is 7.50. The summed E-state index contributed by atoms with van der Waals surface area (Å²) in [7, 11) is 0. The molecule has 0 atom stereocenters. The lowest BCUT2D eigenvalue weighted by Gasteiger charge is -2.33. The molecule has 3 rings (SSSR count). The molecule has 1 aromatic carbocycles. The number of carboxylic acid groups (broad SMARTS) is 1. The van der Waals surface area contributed by atoms with Gasteiger partial charge >= 0.3 is 18.4 Å². The molecule has 36 heavy (non-hydrogen) atoms. The Hall–Kier alpha value is -4.09. The highest BCUT2D eigenvalue weighted by Crippen LogP contribution is 2.35. The number of rotatable bonds is 4. The summed E-state index contributed by atoms with van der Waals surface area (Å²) >= 11 is 0. The number of hydrogen-bond acceptors (Lipinski definition) is 5. The fourth-order valence-corrected chi connectivity index (χ4v) is 3.34. The molecule has 1 N–H and O–H groups in total. The SMILES string of the molecule is N#Cc1cc(C(=O)N2CCN(C(=O)O)CC2)c(C(F)(F)F)nc1OCc1cc(C(F)(F)F)ccc1F. The van der Waals surface area contributed by atoms with Crippen molar-refractivity contribution in [2.75, 3.05) is 26.2 Å². The predicted molar refractivity (Wildman–Crippen MR) is 105 cm³/mol. The molecule has 0 radical (unpaired) electrons. The fourth-order valence-electron chi connectivity index (χ4n) is 3.34. The number of carbonyl (C=O) groups is 2. The van der Waals surface area contributed by atoms with Gasteiger partial charge in [-0.25, -0.2) is 14.2 Å². The summed E-state index contributed by atoms with van der Waals surface area (Å²) in [5, 5.41) is 18.3. The smallest absolute Gasteiger partial charge is 0.434 e. The molecule has 8 nitrogen and oxygen atoms in total. The van der Waals surface area contributed by atoms with Crippen LogP contribution < -0.4 is 4.74 Å². The standard InChI is InChI=1S/C21H15F7N4O4/c22-15-2-1-13(20(23,24)25)7-12(15)10-36-17-11(9-29)8-14(16(30-17)21(26,27)28)18(33)31-3-5-32(6-4-31)19(34)35/h1-2,7-8H,3-6,10H2,(H,34,35). The van der Waals surface area contributed by atoms with Gasteiger partial charge in [0.2, 0.25) is 5.88 Å². The topological polar surface area (TPSA) is 107 Å². The Morgan fingerprint density at radius 1 is 1.03 bits per heavy atom. The third-order valence-corrected chi connectivity index (χ3v) is 5.18. The van der Waals surface area contributed by atoms with E-state index < -0.39 is 70.6 Å². The van der Waals surface area contributed by atoms with Gasteiger partial charge in [0, 0.05) is 31.7 Å². The average Bonchev–Trinajstić information content (AvgIpc) is 2.81. The first-order valence-electron chi connectivity index (χ1n) is 10.00. The van der Waals surface area contributed by atoms with Gasteiger partial charge in [0.25, 0.3) is 5.91 Å². The van der Waals surface area contributed by atoms with Gasteiger partial charge in [-0.1, -0.05) is 0 Å². The normalized spacial score (nSPS) is 14.4. The molecule has 15 heteroatoms. The lowest BCUT2D eigenvalue weighted by molar-refractivity contribution is -0.142. The van der Waals surface area contributed by atoms with Gasteiger partial charge in [-0.05, 0) is 24.3 Å². The van der Waals surface area contributed by atoms with Crippen LogP contribution in [0, 0.1) is 17.1 Å². The molecule has 1 saturated heterocycles. The van der Waals surface area contributed by atoms with Crippen LogP contribution in [0.2, 0.25) is 0 Å². The molecule has 0 bridgehead atoms. The lowest BCUT2D eigenvalue weighted by atomic mass is 10.1. The van der Waals surface area contributed by atoms with Gasteiger partial charge in [0.15, 0.2) is 5.69 Å². The molecule has 1 aliphatic heterocycles. The summed E-state index contributed by atoms with van der Waals surface area (Å²) in [6, 6.07) is 3.44. The van der Waals surface area contributed by atoms with Gasteiger partial charge in [0.05, 0.1) is 11.1 Å². The van der Waals surface area contributed by atoms with E-state index in [0.29, 0.717) is 24.3 Å². The number of amides is 2. The van der Waals surface area contributed by atoms with E-state index in [0.717, 1.165) is 9.80 Å². The molecule has 1 aromatic heterocycles. The number of nitriles is 1. The van der Waals surface area contributed by atoms with Crippen LogP contribution in [0.25, 0.3) is 0 Å². The zero-order valence-electron chi connectivity index (χ0n) is 18.0. The minimum absolute atomic E-state index is 0.148. The number of pyridine rings is 1. The number of aromatic nitrogens is 1. The Morgan fingerprint density at radius 3 is 2.17 bits per heavy atom. The highest BCUT2D eigenvalue weighted by atomic mass is 19.4. The van der Waals surface area contributed by atoms with Gasteiger partial charge in [-0.2, -0.15) is 31.6 Å². The first kappa shape index (κ1) is 26.5. The Labute approximate surface area is 198 Å². The Kier molecular flexibility index (Phi) is 7.27. The molecule has 0 unspecified atom stereocenters. The summed E-state index contributed by atoms with van der Waals surface area (Å²) in [5.41, 5.74) is -5.26. The first-order chi connectivity index (χ1) is 16.7. The van der Waals surface area contributed by atoms with E-state index in [1.165, 1.54) is 6.07 Å². The van der Waals surface area contributed by atoms with Crippen LogP contribution in [0.5, 0.6) is 5.88 Å². The van der Waals surface area contributed by atoms with Crippen molar-refractivity contribution < 1.29 is 50.2 Å². The predicted octanol–water partition coefficient (Wildman–Crippen LogP) is 4.14. The molecule has 0 aliphatic carbocycles. The lowest BCUT2D eigenvalue weighted by Crippen LogP contribution is -2.50. The van der Waals surface area contributed by atoms with Crippen LogP contribution in [0.1, 0.15) is 32.7 Å². The quantitative estimate of drug-likeness (QED) is 0.608. The van der Waals surface area contributed by atoms with Gasteiger partial charge in [-0.15, -0.1) is 0 Å². The number of alkyl halides is 6. The number of nitrogens with zero attached hydrogens (tertiary/aromatic N) is 4. The number of piperazine rings is 1. The number of ether oxygens (including phenoxy) is 1. The molecule has 2 aromatic rings. The zero-order chi connectivity index (χ0) is 26.8. The molecular weight excluding hydrogens is 505 g/mol. The molecule has 1 fully saturated rings. The molecular formula is C21H15F7N4O4. The van der Waals surface area contributed by atoms with Crippen LogP contribution >= 0.6 is 0 Å². The highest BCUT2D eigenvalue weighted by molar-refractivity contribution is 5.96. The second kappa shape index (κ2) is 9.88. The molecule has 0 saturated carbocycles. The minimum Gasteiger partial charge on any atom is -0.472 e. The largest absolute Gasteiger partial charge is 0.472 e. The van der Waals surface area contributed by atoms with E-state index in [2.05, 4.69) is 4.98 Å². The van der Waals surface area contributed by atoms with E-state index in [1.54, 1.807) is 0 Å². The van der Waals surface area contributed by atoms with Crippen LogP contribution in [0.4, 0.5) is 35.5 Å². The first-order valence-corrected chi connectivity index (χ1v) is 10.00. The monoisotopic (exact) mass is 520 g/mol. The van der Waals surface area contributed by atoms with E-state index in [1.807, 2.05) is 0 Å². The number of carbonyl (C=O) groups excluding carboxylic acids is 1. The number of hydrogen-bond donors (Lipinski definition) is 1. The van der Waals surface area contributed by atoms with Crippen LogP contribution in [0.3, 0.4) is 0 Å². The van der Waals surface area contributed by atoms with Crippen molar-refractivity contribution in [3.8, 4) is 11.9 Å². The fraction of sp³-hybridized carbons (Fsp3) is 0.333. The van der Waals surface area contributed by atoms with Crippen LogP contribution in [-0.2, 0) is 19.0 Å². The molecule has 1 aliphatic rings. The number of halogens is 7. The van der Waals surface area contributed by atoms with E-state index >= 15 is 0 Å². The third kappa shape index (κ3) is 5.75. The van der Waals surface area contributed by atoms with Gasteiger partial charge in [0.1, 0.15) is 24.1 Å². The van der Waals surface area contributed by atoms with Crippen molar-refractivity contribution in [3.63, 3.8) is 0 Å². The van der Waals surface area contributed by atoms with E-state index in [9.17, 15) is 45.6 Å². The molecule has 2 heterocycles. The maximum absolute atomic E-state index is 14.0. The summed E-state index contributed by atoms with van der Waals surface area (Å²) in [4.78, 5) is 28.9. The molecule has 2 amide bonds. The highest BCUT2D eigenvalue weighted by Gasteiger charge is 2.40. The minimum atomic E-state index is -5.21. The van der Waals surface area contributed by atoms with Gasteiger partial charge < -0.3 is 19.6 Å². The van der Waals surface area contributed by atoms with E-state index in [-0.39, 0.29) is 26.2 Å². The maximum Gasteiger partial charge on any atom is 0.434 e. The Balaban J connectivity index is 1.93. The summed E-state index contributed by atoms with van der Waals surface area (Å²) in [6.45, 7) is -1.70. The Bertz CT molecular complexity index is 1220. The Morgan fingerprint density at radius 2 is 1.64 bits per heavy atom. The second-order valence-corrected chi connectivity index (χ2v) is 7.50. The van der Waals surface area contributed by atoms with Gasteiger partial charge in [-0.3, -0.25) is 4.79 Å². The molecule has 0 spiro atoms. The van der Waals surface area contributed by atoms with Crippen molar-refractivity contribution in [1.82, 2.24) is 14.8 Å². The third-order valence-electron chi connectivity index (χ3n) is 5.18. The van der Waals surface area contributed by atoms with Crippen molar-refractivity contribution in [2.45, 2.75) is 19.0 Å². The van der Waals surface area contributed by atoms with Crippen molar-refractivity contribution >= 4 is 12.0 Å². The van der Waals surface area contributed by atoms with Crippen molar-refractivity contribution in [2.24, 2.45) is 0 Å². The summed E-state index contributed by atoms with van der Waals surface area (Å²) in [5.74, 6) is -3.26.